The number of benzene rings is 1. The van der Waals surface area contributed by atoms with E-state index in [-0.39, 0.29) is 23.0 Å². The van der Waals surface area contributed by atoms with Crippen molar-refractivity contribution in [1.82, 2.24) is 14.7 Å². The number of nitrogens with zero attached hydrogens (tertiary/aromatic N) is 5. The summed E-state index contributed by atoms with van der Waals surface area (Å²) in [4.78, 5) is 9.86. The van der Waals surface area contributed by atoms with Crippen LogP contribution in [0.15, 0.2) is 35.3 Å². The molecule has 9 nitrogen and oxygen atoms in total. The molecule has 1 atom stereocenters. The van der Waals surface area contributed by atoms with Crippen LogP contribution in [0.25, 0.3) is 10.4 Å². The highest BCUT2D eigenvalue weighted by Gasteiger charge is 2.29. The first kappa shape index (κ1) is 18.2. The highest BCUT2D eigenvalue weighted by molar-refractivity contribution is 7.09. The van der Waals surface area contributed by atoms with E-state index < -0.39 is 6.04 Å². The number of nitriles is 2. The molecule has 10 heteroatoms. The average Bonchev–Trinajstić information content (AvgIpc) is 3.14. The second-order valence-corrected chi connectivity index (χ2v) is 7.16. The van der Waals surface area contributed by atoms with Gasteiger partial charge in [0.2, 0.25) is 5.96 Å². The molecule has 1 aliphatic rings. The van der Waals surface area contributed by atoms with Crippen LogP contribution in [-0.2, 0) is 0 Å². The second kappa shape index (κ2) is 7.11. The zero-order valence-electron chi connectivity index (χ0n) is 15.3. The van der Waals surface area contributed by atoms with Gasteiger partial charge in [0.1, 0.15) is 29.3 Å². The van der Waals surface area contributed by atoms with E-state index in [1.165, 1.54) is 11.5 Å². The highest BCUT2D eigenvalue weighted by atomic mass is 32.1. The Morgan fingerprint density at radius 3 is 2.59 bits per heavy atom. The lowest BCUT2D eigenvalue weighted by Gasteiger charge is -2.26. The van der Waals surface area contributed by atoms with Gasteiger partial charge in [0.05, 0.1) is 16.3 Å². The summed E-state index contributed by atoms with van der Waals surface area (Å²) >= 11 is 1.44. The second-order valence-electron chi connectivity index (χ2n) is 6.36. The molecule has 6 N–H and O–H groups in total. The number of pyridine rings is 1. The summed E-state index contributed by atoms with van der Waals surface area (Å²) in [6.07, 6.45) is 1.83. The zero-order valence-corrected chi connectivity index (χ0v) is 16.1. The summed E-state index contributed by atoms with van der Waals surface area (Å²) < 4.78 is 4.31. The van der Waals surface area contributed by atoms with E-state index in [4.69, 9.17) is 16.7 Å². The van der Waals surface area contributed by atoms with Crippen molar-refractivity contribution in [2.24, 2.45) is 4.99 Å². The third kappa shape index (κ3) is 3.18. The molecule has 0 aliphatic carbocycles. The number of hydrogen-bond acceptors (Lipinski definition) is 10. The van der Waals surface area contributed by atoms with Crippen LogP contribution in [0.4, 0.5) is 17.3 Å². The first-order chi connectivity index (χ1) is 14.0. The van der Waals surface area contributed by atoms with E-state index >= 15 is 0 Å². The van der Waals surface area contributed by atoms with Crippen LogP contribution < -0.4 is 22.1 Å². The van der Waals surface area contributed by atoms with Gasteiger partial charge in [-0.2, -0.15) is 14.9 Å². The average molecular weight is 401 g/mol. The Labute approximate surface area is 170 Å². The maximum atomic E-state index is 9.39. The Kier molecular flexibility index (Phi) is 4.47. The fourth-order valence-electron chi connectivity index (χ4n) is 3.15. The van der Waals surface area contributed by atoms with Crippen molar-refractivity contribution in [3.8, 4) is 22.7 Å². The number of nitrogens with one attached hydrogen (secondary N) is 2. The summed E-state index contributed by atoms with van der Waals surface area (Å²) in [7, 11) is 0. The Morgan fingerprint density at radius 1 is 1.21 bits per heavy atom. The molecular weight excluding hydrogens is 386 g/mol. The maximum Gasteiger partial charge on any atom is 0.211 e. The first-order valence-electron chi connectivity index (χ1n) is 8.54. The van der Waals surface area contributed by atoms with E-state index in [2.05, 4.69) is 25.0 Å². The monoisotopic (exact) mass is 401 g/mol. The molecule has 0 radical (unpaired) electrons. The quantitative estimate of drug-likeness (QED) is 0.376. The maximum absolute atomic E-state index is 9.39. The Balaban J connectivity index is 1.82. The first-order valence-corrected chi connectivity index (χ1v) is 9.31. The number of guanidine groups is 1. The zero-order chi connectivity index (χ0) is 20.5. The Morgan fingerprint density at radius 2 is 1.97 bits per heavy atom. The number of fused-ring (bicyclic) bond motifs is 1. The lowest BCUT2D eigenvalue weighted by Crippen LogP contribution is -2.32. The van der Waals surface area contributed by atoms with E-state index in [1.807, 2.05) is 49.5 Å². The molecule has 0 saturated carbocycles. The summed E-state index contributed by atoms with van der Waals surface area (Å²) in [6, 6.07) is 11.3. The highest BCUT2D eigenvalue weighted by Crippen LogP contribution is 2.40. The van der Waals surface area contributed by atoms with Gasteiger partial charge in [-0.15, -0.1) is 0 Å². The summed E-state index contributed by atoms with van der Waals surface area (Å²) in [5, 5.41) is 23.8. The predicted molar refractivity (Wildman–Crippen MR) is 112 cm³/mol. The molecular formula is C19H15N9S. The van der Waals surface area contributed by atoms with Gasteiger partial charge in [-0.1, -0.05) is 24.3 Å². The van der Waals surface area contributed by atoms with Crippen molar-refractivity contribution in [1.29, 1.82) is 10.5 Å². The molecule has 1 unspecified atom stereocenters. The van der Waals surface area contributed by atoms with Crippen LogP contribution in [0.2, 0.25) is 0 Å². The molecule has 4 rings (SSSR count). The van der Waals surface area contributed by atoms with Gasteiger partial charge in [0, 0.05) is 5.56 Å². The normalized spacial score (nSPS) is 14.7. The Bertz CT molecular complexity index is 1210. The number of aromatic nitrogens is 2. The van der Waals surface area contributed by atoms with E-state index in [9.17, 15) is 5.26 Å². The molecule has 1 aliphatic heterocycles. The molecule has 142 valence electrons. The van der Waals surface area contributed by atoms with Gasteiger partial charge in [-0.25, -0.2) is 9.98 Å². The standard InChI is InChI=1S/C19H15N9S/c1-9-6-13(29-28-9)10-2-4-11(5-3-10)16-14-15(22)12(7-20)17(23)26-18(14)27-19(25-16)24-8-21/h2-6,16H,1H3,(H6,22,23,24,25,26,27). The molecule has 1 aromatic carbocycles. The van der Waals surface area contributed by atoms with Gasteiger partial charge < -0.3 is 16.8 Å². The van der Waals surface area contributed by atoms with Gasteiger partial charge in [-0.05, 0) is 35.6 Å². The van der Waals surface area contributed by atoms with Crippen LogP contribution in [0.5, 0.6) is 0 Å². The van der Waals surface area contributed by atoms with Crippen LogP contribution in [-0.4, -0.2) is 15.3 Å². The van der Waals surface area contributed by atoms with Crippen LogP contribution in [0, 0.1) is 29.7 Å². The molecule has 0 spiro atoms. The molecule has 0 amide bonds. The van der Waals surface area contributed by atoms with Gasteiger partial charge in [0.25, 0.3) is 0 Å². The molecule has 29 heavy (non-hydrogen) atoms. The smallest absolute Gasteiger partial charge is 0.211 e. The molecule has 0 fully saturated rings. The number of aliphatic imine (C=N–C) groups is 1. The Hall–Kier alpha value is -4.15. The molecule has 3 aromatic rings. The van der Waals surface area contributed by atoms with Crippen molar-refractivity contribution in [2.75, 3.05) is 16.8 Å². The SMILES string of the molecule is Cc1cc(-c2ccc(C3N=C(NC#N)Nc4nc(N)c(C#N)c(N)c43)cc2)sn1. The molecule has 0 saturated heterocycles. The lowest BCUT2D eigenvalue weighted by molar-refractivity contribution is 0.847. The number of nitrogens with two attached hydrogens (primary N) is 2. The fraction of sp³-hybridized carbons (Fsp3) is 0.105. The molecule has 0 bridgehead atoms. The summed E-state index contributed by atoms with van der Waals surface area (Å²) in [5.41, 5.74) is 15.8. The van der Waals surface area contributed by atoms with Crippen molar-refractivity contribution < 1.29 is 0 Å². The van der Waals surface area contributed by atoms with E-state index in [0.29, 0.717) is 11.4 Å². The third-order valence-corrected chi connectivity index (χ3v) is 5.43. The number of nitrogen functional groups attached to an aromatic ring is 2. The van der Waals surface area contributed by atoms with Crippen molar-refractivity contribution in [2.45, 2.75) is 13.0 Å². The minimum atomic E-state index is -0.556. The van der Waals surface area contributed by atoms with E-state index in [1.54, 1.807) is 0 Å². The van der Waals surface area contributed by atoms with Gasteiger partial charge in [-0.3, -0.25) is 5.32 Å². The number of anilines is 3. The number of rotatable bonds is 2. The largest absolute Gasteiger partial charge is 0.397 e. The lowest BCUT2D eigenvalue weighted by atomic mass is 9.94. The predicted octanol–water partition coefficient (Wildman–Crippen LogP) is 2.49. The van der Waals surface area contributed by atoms with Crippen molar-refractivity contribution in [3.05, 3.63) is 52.7 Å². The van der Waals surface area contributed by atoms with Crippen LogP contribution in [0.1, 0.15) is 28.4 Å². The summed E-state index contributed by atoms with van der Waals surface area (Å²) in [5.74, 6) is 0.603. The van der Waals surface area contributed by atoms with E-state index in [0.717, 1.165) is 21.7 Å². The van der Waals surface area contributed by atoms with Crippen LogP contribution >= 0.6 is 11.5 Å². The van der Waals surface area contributed by atoms with Crippen molar-refractivity contribution in [3.63, 3.8) is 0 Å². The minimum Gasteiger partial charge on any atom is -0.397 e. The molecule has 3 heterocycles. The third-order valence-electron chi connectivity index (χ3n) is 4.50. The fourth-order valence-corrected chi connectivity index (χ4v) is 3.91. The summed E-state index contributed by atoms with van der Waals surface area (Å²) in [6.45, 7) is 1.95. The van der Waals surface area contributed by atoms with Gasteiger partial charge >= 0.3 is 0 Å². The minimum absolute atomic E-state index is 0.0177. The number of aryl methyl sites for hydroxylation is 1. The molecule has 2 aromatic heterocycles. The number of hydrogen-bond donors (Lipinski definition) is 4. The van der Waals surface area contributed by atoms with Gasteiger partial charge in [0.15, 0.2) is 6.19 Å². The van der Waals surface area contributed by atoms with Crippen LogP contribution in [0.3, 0.4) is 0 Å². The topological polar surface area (TPSA) is 162 Å². The van der Waals surface area contributed by atoms with Crippen molar-refractivity contribution >= 4 is 34.8 Å².